The van der Waals surface area contributed by atoms with E-state index in [1.165, 1.54) is 0 Å². The van der Waals surface area contributed by atoms with Crippen molar-refractivity contribution in [1.82, 2.24) is 4.98 Å². The van der Waals surface area contributed by atoms with Crippen molar-refractivity contribution in [3.63, 3.8) is 0 Å². The largest absolute Gasteiger partial charge is 0.392 e. The molecule has 1 atom stereocenters. The van der Waals surface area contributed by atoms with Crippen molar-refractivity contribution >= 4 is 5.82 Å². The van der Waals surface area contributed by atoms with E-state index in [4.69, 9.17) is 5.11 Å². The zero-order chi connectivity index (χ0) is 11.4. The summed E-state index contributed by atoms with van der Waals surface area (Å²) in [6.45, 7) is 6.33. The number of hydrogen-bond acceptors (Lipinski definition) is 3. The molecule has 0 spiro atoms. The molecule has 3 nitrogen and oxygen atoms in total. The van der Waals surface area contributed by atoms with E-state index < -0.39 is 0 Å². The van der Waals surface area contributed by atoms with Crippen molar-refractivity contribution in [2.45, 2.75) is 39.8 Å². The predicted octanol–water partition coefficient (Wildman–Crippen LogP) is 2.12. The van der Waals surface area contributed by atoms with E-state index in [0.29, 0.717) is 6.04 Å². The summed E-state index contributed by atoms with van der Waals surface area (Å²) in [6.07, 6.45) is 1.10. The summed E-state index contributed by atoms with van der Waals surface area (Å²) in [5.74, 6) is 0.971. The molecule has 0 aliphatic carbocycles. The highest BCUT2D eigenvalue weighted by Crippen LogP contribution is 2.16. The van der Waals surface area contributed by atoms with E-state index >= 15 is 0 Å². The van der Waals surface area contributed by atoms with E-state index in [9.17, 15) is 0 Å². The lowest BCUT2D eigenvalue weighted by molar-refractivity contribution is 0.280. The fourth-order valence-corrected chi connectivity index (χ4v) is 1.44. The quantitative estimate of drug-likeness (QED) is 0.823. The molecular formula is C12H20N2O. The molecule has 1 aromatic heterocycles. The summed E-state index contributed by atoms with van der Waals surface area (Å²) in [5.41, 5.74) is 1.81. The first kappa shape index (κ1) is 12.0. The first-order chi connectivity index (χ1) is 7.10. The van der Waals surface area contributed by atoms with Gasteiger partial charge in [-0.1, -0.05) is 13.0 Å². The van der Waals surface area contributed by atoms with Gasteiger partial charge in [0.25, 0.3) is 0 Å². The van der Waals surface area contributed by atoms with E-state index in [1.807, 2.05) is 19.1 Å². The van der Waals surface area contributed by atoms with Crippen LogP contribution in [0.15, 0.2) is 12.1 Å². The molecule has 0 radical (unpaired) electrons. The van der Waals surface area contributed by atoms with Crippen molar-refractivity contribution in [1.29, 1.82) is 0 Å². The Balaban J connectivity index is 2.92. The first-order valence-electron chi connectivity index (χ1n) is 5.40. The molecule has 0 bridgehead atoms. The Kier molecular flexibility index (Phi) is 4.09. The molecule has 0 saturated carbocycles. The second-order valence-corrected chi connectivity index (χ2v) is 3.94. The molecule has 3 heteroatoms. The van der Waals surface area contributed by atoms with Crippen LogP contribution in [0.2, 0.25) is 0 Å². The number of aliphatic hydroxyl groups is 1. The molecule has 1 heterocycles. The Morgan fingerprint density at radius 1 is 1.47 bits per heavy atom. The Bertz CT molecular complexity index is 325. The van der Waals surface area contributed by atoms with Crippen LogP contribution < -0.4 is 4.90 Å². The smallest absolute Gasteiger partial charge is 0.128 e. The highest BCUT2D eigenvalue weighted by atomic mass is 16.3. The van der Waals surface area contributed by atoms with Crippen LogP contribution in [0.5, 0.6) is 0 Å². The molecule has 0 saturated heterocycles. The van der Waals surface area contributed by atoms with Crippen molar-refractivity contribution in [2.75, 3.05) is 11.9 Å². The SMILES string of the molecule is CCC(C)N(C)c1ccc(CO)c(C)n1. The van der Waals surface area contributed by atoms with Crippen LogP contribution in [0.1, 0.15) is 31.5 Å². The van der Waals surface area contributed by atoms with Gasteiger partial charge in [0, 0.05) is 18.8 Å². The fraction of sp³-hybridized carbons (Fsp3) is 0.583. The van der Waals surface area contributed by atoms with Crippen LogP contribution in [-0.4, -0.2) is 23.2 Å². The minimum absolute atomic E-state index is 0.0617. The zero-order valence-electron chi connectivity index (χ0n) is 9.99. The number of anilines is 1. The minimum Gasteiger partial charge on any atom is -0.392 e. The second-order valence-electron chi connectivity index (χ2n) is 3.94. The van der Waals surface area contributed by atoms with Crippen molar-refractivity contribution in [3.05, 3.63) is 23.4 Å². The number of nitrogens with zero attached hydrogens (tertiary/aromatic N) is 2. The van der Waals surface area contributed by atoms with Crippen LogP contribution in [0.3, 0.4) is 0 Å². The fourth-order valence-electron chi connectivity index (χ4n) is 1.44. The number of rotatable bonds is 4. The molecule has 1 unspecified atom stereocenters. The molecule has 0 aliphatic heterocycles. The third kappa shape index (κ3) is 2.69. The average molecular weight is 208 g/mol. The highest BCUT2D eigenvalue weighted by Gasteiger charge is 2.10. The predicted molar refractivity (Wildman–Crippen MR) is 63.1 cm³/mol. The summed E-state index contributed by atoms with van der Waals surface area (Å²) in [7, 11) is 2.05. The molecule has 1 aromatic rings. The topological polar surface area (TPSA) is 36.4 Å². The third-order valence-electron chi connectivity index (χ3n) is 2.96. The van der Waals surface area contributed by atoms with Gasteiger partial charge in [-0.15, -0.1) is 0 Å². The van der Waals surface area contributed by atoms with E-state index in [-0.39, 0.29) is 6.61 Å². The van der Waals surface area contributed by atoms with Crippen molar-refractivity contribution < 1.29 is 5.11 Å². The van der Waals surface area contributed by atoms with E-state index in [2.05, 4.69) is 30.8 Å². The van der Waals surface area contributed by atoms with Crippen molar-refractivity contribution in [3.8, 4) is 0 Å². The van der Waals surface area contributed by atoms with Gasteiger partial charge in [-0.25, -0.2) is 4.98 Å². The molecular weight excluding hydrogens is 188 g/mol. The van der Waals surface area contributed by atoms with Crippen molar-refractivity contribution in [2.24, 2.45) is 0 Å². The van der Waals surface area contributed by atoms with Crippen LogP contribution >= 0.6 is 0 Å². The summed E-state index contributed by atoms with van der Waals surface area (Å²) in [5, 5.41) is 9.05. The van der Waals surface area contributed by atoms with Crippen LogP contribution in [0.25, 0.3) is 0 Å². The molecule has 84 valence electrons. The summed E-state index contributed by atoms with van der Waals surface area (Å²) in [6, 6.07) is 4.39. The van der Waals surface area contributed by atoms with Gasteiger partial charge in [-0.2, -0.15) is 0 Å². The van der Waals surface area contributed by atoms with Gasteiger partial charge in [-0.3, -0.25) is 0 Å². The van der Waals surface area contributed by atoms with Gasteiger partial charge >= 0.3 is 0 Å². The van der Waals surface area contributed by atoms with Gasteiger partial charge in [-0.05, 0) is 31.9 Å². The molecule has 15 heavy (non-hydrogen) atoms. The maximum Gasteiger partial charge on any atom is 0.128 e. The van der Waals surface area contributed by atoms with Gasteiger partial charge in [0.1, 0.15) is 5.82 Å². The minimum atomic E-state index is 0.0617. The van der Waals surface area contributed by atoms with Gasteiger partial charge in [0.2, 0.25) is 0 Å². The number of hydrogen-bond donors (Lipinski definition) is 1. The maximum atomic E-state index is 9.05. The molecule has 0 amide bonds. The van der Waals surface area contributed by atoms with Crippen LogP contribution in [0.4, 0.5) is 5.82 Å². The number of aliphatic hydroxyl groups excluding tert-OH is 1. The Morgan fingerprint density at radius 3 is 2.60 bits per heavy atom. The molecule has 1 rings (SSSR count). The number of aromatic nitrogens is 1. The lowest BCUT2D eigenvalue weighted by Crippen LogP contribution is -2.28. The lowest BCUT2D eigenvalue weighted by atomic mass is 10.2. The Morgan fingerprint density at radius 2 is 2.13 bits per heavy atom. The molecule has 0 aromatic carbocycles. The average Bonchev–Trinajstić information content (AvgIpc) is 2.26. The second kappa shape index (κ2) is 5.12. The van der Waals surface area contributed by atoms with Gasteiger partial charge in [0.05, 0.1) is 6.61 Å². The molecule has 0 aliphatic rings. The lowest BCUT2D eigenvalue weighted by Gasteiger charge is -2.25. The van der Waals surface area contributed by atoms with Gasteiger partial charge < -0.3 is 10.0 Å². The van der Waals surface area contributed by atoms with E-state index in [1.54, 1.807) is 0 Å². The summed E-state index contributed by atoms with van der Waals surface area (Å²) in [4.78, 5) is 6.64. The first-order valence-corrected chi connectivity index (χ1v) is 5.40. The summed E-state index contributed by atoms with van der Waals surface area (Å²) < 4.78 is 0. The Hall–Kier alpha value is -1.09. The molecule has 0 fully saturated rings. The number of pyridine rings is 1. The Labute approximate surface area is 91.8 Å². The normalized spacial score (nSPS) is 12.6. The standard InChI is InChI=1S/C12H20N2O/c1-5-9(2)14(4)12-7-6-11(8-15)10(3)13-12/h6-7,9,15H,5,8H2,1-4H3. The van der Waals surface area contributed by atoms with Gasteiger partial charge in [0.15, 0.2) is 0 Å². The highest BCUT2D eigenvalue weighted by molar-refractivity contribution is 5.41. The van der Waals surface area contributed by atoms with Crippen LogP contribution in [-0.2, 0) is 6.61 Å². The summed E-state index contributed by atoms with van der Waals surface area (Å²) >= 11 is 0. The van der Waals surface area contributed by atoms with E-state index in [0.717, 1.165) is 23.5 Å². The van der Waals surface area contributed by atoms with Crippen LogP contribution in [0, 0.1) is 6.92 Å². The monoisotopic (exact) mass is 208 g/mol. The number of aryl methyl sites for hydroxylation is 1. The third-order valence-corrected chi connectivity index (χ3v) is 2.96. The maximum absolute atomic E-state index is 9.05. The molecule has 1 N–H and O–H groups in total. The zero-order valence-corrected chi connectivity index (χ0v) is 9.99.